The van der Waals surface area contributed by atoms with Crippen molar-refractivity contribution in [3.63, 3.8) is 0 Å². The van der Waals surface area contributed by atoms with Gasteiger partial charge in [0.2, 0.25) is 5.91 Å². The van der Waals surface area contributed by atoms with E-state index < -0.39 is 0 Å². The molecule has 0 radical (unpaired) electrons. The summed E-state index contributed by atoms with van der Waals surface area (Å²) in [6.07, 6.45) is 5.48. The number of carbonyl (C=O) groups is 1. The molecule has 0 unspecified atom stereocenters. The van der Waals surface area contributed by atoms with Crippen LogP contribution in [0.2, 0.25) is 5.02 Å². The number of aromatic nitrogens is 1. The third-order valence-electron chi connectivity index (χ3n) is 4.76. The maximum Gasteiger partial charge on any atom is 0.246 e. The Balaban J connectivity index is 1.39. The smallest absolute Gasteiger partial charge is 0.246 e. The minimum absolute atomic E-state index is 0.0217. The number of amides is 1. The molecule has 1 aliphatic heterocycles. The van der Waals surface area contributed by atoms with Gasteiger partial charge in [0.1, 0.15) is 0 Å². The maximum atomic E-state index is 12.5. The molecule has 2 aromatic carbocycles. The summed E-state index contributed by atoms with van der Waals surface area (Å²) in [5, 5.41) is 1.68. The largest absolute Gasteiger partial charge is 0.345 e. The van der Waals surface area contributed by atoms with Crippen molar-refractivity contribution in [2.75, 3.05) is 37.3 Å². The molecule has 0 spiro atoms. The zero-order valence-electron chi connectivity index (χ0n) is 15.5. The van der Waals surface area contributed by atoms with Crippen molar-refractivity contribution in [3.8, 4) is 0 Å². The Kier molecular flexibility index (Phi) is 5.90. The summed E-state index contributed by atoms with van der Waals surface area (Å²) in [5.41, 5.74) is 1.90. The van der Waals surface area contributed by atoms with E-state index in [1.807, 2.05) is 29.2 Å². The molecule has 28 heavy (non-hydrogen) atoms. The Bertz CT molecular complexity index is 1030. The number of anilines is 1. The van der Waals surface area contributed by atoms with Crippen LogP contribution in [-0.2, 0) is 4.79 Å². The fraction of sp³-hybridized carbons (Fsp3) is 0.238. The van der Waals surface area contributed by atoms with E-state index in [0.717, 1.165) is 29.3 Å². The van der Waals surface area contributed by atoms with Gasteiger partial charge >= 0.3 is 0 Å². The zero-order chi connectivity index (χ0) is 19.5. The number of benzene rings is 2. The molecule has 0 N–H and O–H groups in total. The molecular formula is C21H20ClN3OS2. The molecule has 2 heterocycles. The van der Waals surface area contributed by atoms with Crippen molar-refractivity contribution in [2.24, 2.45) is 0 Å². The second kappa shape index (κ2) is 8.55. The molecule has 144 valence electrons. The number of thioether (sulfide) groups is 1. The minimum Gasteiger partial charge on any atom is -0.345 e. The van der Waals surface area contributed by atoms with Gasteiger partial charge in [0.25, 0.3) is 0 Å². The molecule has 1 saturated heterocycles. The second-order valence-electron chi connectivity index (χ2n) is 6.50. The van der Waals surface area contributed by atoms with Gasteiger partial charge in [0, 0.05) is 42.2 Å². The van der Waals surface area contributed by atoms with Crippen molar-refractivity contribution < 1.29 is 4.79 Å². The number of halogens is 1. The number of carbonyl (C=O) groups excluding carboxylic acids is 1. The van der Waals surface area contributed by atoms with Crippen molar-refractivity contribution in [3.05, 3.63) is 59.1 Å². The first-order valence-electron chi connectivity index (χ1n) is 9.05. The summed E-state index contributed by atoms with van der Waals surface area (Å²) in [4.78, 5) is 22.7. The molecule has 1 aliphatic rings. The van der Waals surface area contributed by atoms with E-state index >= 15 is 0 Å². The highest BCUT2D eigenvalue weighted by molar-refractivity contribution is 7.98. The number of fused-ring (bicyclic) bond motifs is 1. The Morgan fingerprint density at radius 2 is 1.96 bits per heavy atom. The van der Waals surface area contributed by atoms with Crippen LogP contribution in [-0.4, -0.2) is 48.2 Å². The van der Waals surface area contributed by atoms with E-state index in [1.165, 1.54) is 9.60 Å². The summed E-state index contributed by atoms with van der Waals surface area (Å²) in [7, 11) is 0. The van der Waals surface area contributed by atoms with Crippen molar-refractivity contribution in [1.82, 2.24) is 9.88 Å². The van der Waals surface area contributed by atoms with Gasteiger partial charge in [-0.05, 0) is 42.2 Å². The molecule has 1 aromatic heterocycles. The first-order valence-corrected chi connectivity index (χ1v) is 11.5. The molecule has 3 aromatic rings. The molecular weight excluding hydrogens is 410 g/mol. The fourth-order valence-electron chi connectivity index (χ4n) is 3.15. The van der Waals surface area contributed by atoms with Crippen molar-refractivity contribution >= 4 is 62.0 Å². The second-order valence-corrected chi connectivity index (χ2v) is 8.79. The quantitative estimate of drug-likeness (QED) is 0.430. The lowest BCUT2D eigenvalue weighted by Gasteiger charge is -2.34. The molecule has 0 saturated carbocycles. The third kappa shape index (κ3) is 4.19. The lowest BCUT2D eigenvalue weighted by Crippen LogP contribution is -2.48. The minimum atomic E-state index is 0.0217. The van der Waals surface area contributed by atoms with E-state index in [-0.39, 0.29) is 5.91 Å². The predicted octanol–water partition coefficient (Wildman–Crippen LogP) is 5.03. The number of nitrogens with zero attached hydrogens (tertiary/aromatic N) is 3. The van der Waals surface area contributed by atoms with E-state index in [2.05, 4.69) is 29.4 Å². The SMILES string of the molecule is CSc1ccc2nc(N3CCN(C(=O)/C=C/c4ccccc4Cl)CC3)sc2c1. The highest BCUT2D eigenvalue weighted by atomic mass is 35.5. The van der Waals surface area contributed by atoms with E-state index in [4.69, 9.17) is 16.6 Å². The van der Waals surface area contributed by atoms with Crippen molar-refractivity contribution in [2.45, 2.75) is 4.90 Å². The van der Waals surface area contributed by atoms with Crippen LogP contribution < -0.4 is 4.90 Å². The van der Waals surface area contributed by atoms with Crippen molar-refractivity contribution in [1.29, 1.82) is 0 Å². The van der Waals surface area contributed by atoms with Gasteiger partial charge in [-0.25, -0.2) is 4.98 Å². The van der Waals surface area contributed by atoms with Gasteiger partial charge in [-0.1, -0.05) is 41.1 Å². The van der Waals surface area contributed by atoms with Crippen LogP contribution in [0.1, 0.15) is 5.56 Å². The Morgan fingerprint density at radius 3 is 2.71 bits per heavy atom. The number of hydrogen-bond acceptors (Lipinski definition) is 5. The fourth-order valence-corrected chi connectivity index (χ4v) is 4.92. The molecule has 0 bridgehead atoms. The summed E-state index contributed by atoms with van der Waals surface area (Å²) in [5.74, 6) is 0.0217. The molecule has 4 nitrogen and oxygen atoms in total. The monoisotopic (exact) mass is 429 g/mol. The number of thiazole rings is 1. The number of piperazine rings is 1. The molecule has 1 amide bonds. The number of hydrogen-bond donors (Lipinski definition) is 0. The lowest BCUT2D eigenvalue weighted by atomic mass is 10.2. The predicted molar refractivity (Wildman–Crippen MR) is 121 cm³/mol. The standard InChI is InChI=1S/C21H20ClN3OS2/c1-27-16-7-8-18-19(14-16)28-21(23-18)25-12-10-24(11-13-25)20(26)9-6-15-4-2-3-5-17(15)22/h2-9,14H,10-13H2,1H3/b9-6+. The average molecular weight is 430 g/mol. The highest BCUT2D eigenvalue weighted by Crippen LogP contribution is 2.32. The van der Waals surface area contributed by atoms with Gasteiger partial charge in [0.15, 0.2) is 5.13 Å². The normalized spacial score (nSPS) is 14.9. The Hall–Kier alpha value is -2.02. The van der Waals surface area contributed by atoms with Gasteiger partial charge in [-0.2, -0.15) is 0 Å². The Morgan fingerprint density at radius 1 is 1.18 bits per heavy atom. The van der Waals surface area contributed by atoms with Crippen LogP contribution in [0.4, 0.5) is 5.13 Å². The first kappa shape index (κ1) is 19.3. The Labute approximate surface area is 177 Å². The summed E-state index contributed by atoms with van der Waals surface area (Å²) in [6, 6.07) is 13.9. The zero-order valence-corrected chi connectivity index (χ0v) is 17.9. The molecule has 0 atom stereocenters. The molecule has 1 fully saturated rings. The van der Waals surface area contributed by atoms with Gasteiger partial charge < -0.3 is 9.80 Å². The molecule has 4 rings (SSSR count). The van der Waals surface area contributed by atoms with Gasteiger partial charge in [-0.15, -0.1) is 11.8 Å². The summed E-state index contributed by atoms with van der Waals surface area (Å²) < 4.78 is 1.21. The van der Waals surface area contributed by atoms with E-state index in [0.29, 0.717) is 18.1 Å². The third-order valence-corrected chi connectivity index (χ3v) is 6.91. The van der Waals surface area contributed by atoms with Crippen LogP contribution in [0, 0.1) is 0 Å². The topological polar surface area (TPSA) is 36.4 Å². The van der Waals surface area contributed by atoms with Gasteiger partial charge in [-0.3, -0.25) is 4.79 Å². The highest BCUT2D eigenvalue weighted by Gasteiger charge is 2.22. The van der Waals surface area contributed by atoms with E-state index in [9.17, 15) is 4.79 Å². The lowest BCUT2D eigenvalue weighted by molar-refractivity contribution is -0.126. The summed E-state index contributed by atoms with van der Waals surface area (Å²) in [6.45, 7) is 2.97. The van der Waals surface area contributed by atoms with Crippen LogP contribution in [0.3, 0.4) is 0 Å². The molecule has 7 heteroatoms. The van der Waals surface area contributed by atoms with Crippen LogP contribution in [0.5, 0.6) is 0 Å². The average Bonchev–Trinajstić information content (AvgIpc) is 3.16. The van der Waals surface area contributed by atoms with E-state index in [1.54, 1.807) is 35.3 Å². The first-order chi connectivity index (χ1) is 13.6. The molecule has 0 aliphatic carbocycles. The number of rotatable bonds is 4. The van der Waals surface area contributed by atoms with Crippen LogP contribution in [0.25, 0.3) is 16.3 Å². The van der Waals surface area contributed by atoms with Gasteiger partial charge in [0.05, 0.1) is 10.2 Å². The van der Waals surface area contributed by atoms with Crippen LogP contribution in [0.15, 0.2) is 53.4 Å². The van der Waals surface area contributed by atoms with Crippen LogP contribution >= 0.6 is 34.7 Å². The maximum absolute atomic E-state index is 12.5. The summed E-state index contributed by atoms with van der Waals surface area (Å²) >= 11 is 9.61.